The van der Waals surface area contributed by atoms with Gasteiger partial charge in [-0.15, -0.1) is 0 Å². The fraction of sp³-hybridized carbons (Fsp3) is 0.0769. The van der Waals surface area contributed by atoms with Crippen LogP contribution >= 0.6 is 11.6 Å². The highest BCUT2D eigenvalue weighted by atomic mass is 35.5. The number of nitrogens with zero attached hydrogens (tertiary/aromatic N) is 2. The van der Waals surface area contributed by atoms with Crippen molar-refractivity contribution in [2.75, 3.05) is 11.8 Å². The zero-order valence-corrected chi connectivity index (χ0v) is 21.4. The van der Waals surface area contributed by atoms with Gasteiger partial charge in [-0.2, -0.15) is 0 Å². The van der Waals surface area contributed by atoms with E-state index in [0.717, 1.165) is 12.1 Å². The van der Waals surface area contributed by atoms with Crippen molar-refractivity contribution >= 4 is 38.2 Å². The first kappa shape index (κ1) is 25.4. The first-order valence-corrected chi connectivity index (χ1v) is 12.8. The number of benzene rings is 3. The number of methoxy groups -OCH3 is 1. The molecule has 0 saturated heterocycles. The molecule has 2 aromatic heterocycles. The average molecular weight is 558 g/mol. The molecule has 38 heavy (non-hydrogen) atoms. The van der Waals surface area contributed by atoms with Crippen molar-refractivity contribution < 1.29 is 26.5 Å². The minimum Gasteiger partial charge on any atom is -0.496 e. The molecule has 0 aliphatic carbocycles. The third-order valence-electron chi connectivity index (χ3n) is 5.89. The number of aryl methyl sites for hydroxylation is 1. The summed E-state index contributed by atoms with van der Waals surface area (Å²) in [6.07, 6.45) is 2.71. The van der Waals surface area contributed by atoms with Crippen molar-refractivity contribution in [2.45, 2.75) is 4.90 Å². The van der Waals surface area contributed by atoms with Crippen LogP contribution in [0.2, 0.25) is 5.02 Å². The molecule has 3 aromatic carbocycles. The third-order valence-corrected chi connectivity index (χ3v) is 7.47. The van der Waals surface area contributed by atoms with Crippen molar-refractivity contribution in [3.63, 3.8) is 0 Å². The van der Waals surface area contributed by atoms with Gasteiger partial charge in [-0.1, -0.05) is 22.8 Å². The second-order valence-corrected chi connectivity index (χ2v) is 10.5. The number of anilines is 1. The molecule has 5 rings (SSSR count). The molecule has 0 atom stereocenters. The van der Waals surface area contributed by atoms with E-state index in [9.17, 15) is 17.6 Å². The number of halogens is 3. The molecule has 0 aliphatic heterocycles. The number of rotatable bonds is 6. The molecule has 0 radical (unpaired) electrons. The quantitative estimate of drug-likeness (QED) is 0.291. The molecule has 0 spiro atoms. The Bertz CT molecular complexity index is 1850. The normalized spacial score (nSPS) is 11.6. The van der Waals surface area contributed by atoms with Gasteiger partial charge in [0, 0.05) is 46.4 Å². The minimum atomic E-state index is -4.09. The van der Waals surface area contributed by atoms with Crippen molar-refractivity contribution in [1.29, 1.82) is 0 Å². The van der Waals surface area contributed by atoms with Crippen molar-refractivity contribution in [2.24, 2.45) is 7.05 Å². The maximum absolute atomic E-state index is 15.4. The van der Waals surface area contributed by atoms with Gasteiger partial charge in [-0.3, -0.25) is 9.52 Å². The number of pyridine rings is 1. The van der Waals surface area contributed by atoms with Gasteiger partial charge in [0.05, 0.1) is 12.0 Å². The Balaban J connectivity index is 1.68. The molecular weight excluding hydrogens is 540 g/mol. The number of aromatic nitrogens is 2. The SMILES string of the molecule is COc1cc(-c2cc(F)cc(Cl)c2)c(F)cc1-c1cn(C)c(=O)c2cc(S(=O)(=O)Nc3ccon3)ccc12. The van der Waals surface area contributed by atoms with Crippen LogP contribution in [-0.4, -0.2) is 25.3 Å². The second-order valence-electron chi connectivity index (χ2n) is 8.35. The van der Waals surface area contributed by atoms with E-state index in [2.05, 4.69) is 14.4 Å². The molecule has 12 heteroatoms. The van der Waals surface area contributed by atoms with Crippen LogP contribution in [0.1, 0.15) is 0 Å². The van der Waals surface area contributed by atoms with E-state index in [4.69, 9.17) is 16.3 Å². The van der Waals surface area contributed by atoms with Crippen LogP contribution in [-0.2, 0) is 17.1 Å². The smallest absolute Gasteiger partial charge is 0.263 e. The highest BCUT2D eigenvalue weighted by Gasteiger charge is 2.21. The molecule has 194 valence electrons. The second kappa shape index (κ2) is 9.58. The molecule has 0 amide bonds. The Morgan fingerprint density at radius 3 is 2.47 bits per heavy atom. The van der Waals surface area contributed by atoms with E-state index in [0.29, 0.717) is 16.5 Å². The van der Waals surface area contributed by atoms with Crippen LogP contribution in [0.25, 0.3) is 33.0 Å². The lowest BCUT2D eigenvalue weighted by molar-refractivity contribution is 0.415. The van der Waals surface area contributed by atoms with Gasteiger partial charge < -0.3 is 13.8 Å². The predicted octanol–water partition coefficient (Wildman–Crippen LogP) is 5.60. The fourth-order valence-corrected chi connectivity index (χ4v) is 5.39. The minimum absolute atomic E-state index is 0.0216. The van der Waals surface area contributed by atoms with E-state index in [1.165, 1.54) is 73.6 Å². The van der Waals surface area contributed by atoms with Crippen molar-refractivity contribution in [3.8, 4) is 28.0 Å². The number of fused-ring (bicyclic) bond motifs is 1. The van der Waals surface area contributed by atoms with Crippen LogP contribution in [0.15, 0.2) is 81.3 Å². The van der Waals surface area contributed by atoms with Crippen LogP contribution in [0.4, 0.5) is 14.6 Å². The Hall–Kier alpha value is -4.22. The largest absolute Gasteiger partial charge is 0.496 e. The van der Waals surface area contributed by atoms with Gasteiger partial charge in [0.1, 0.15) is 23.6 Å². The van der Waals surface area contributed by atoms with Crippen LogP contribution in [0.3, 0.4) is 0 Å². The monoisotopic (exact) mass is 557 g/mol. The number of ether oxygens (including phenoxy) is 1. The third kappa shape index (κ3) is 4.61. The maximum Gasteiger partial charge on any atom is 0.263 e. The van der Waals surface area contributed by atoms with E-state index in [-0.39, 0.29) is 38.0 Å². The zero-order chi connectivity index (χ0) is 27.2. The lowest BCUT2D eigenvalue weighted by Crippen LogP contribution is -2.18. The van der Waals surface area contributed by atoms with Gasteiger partial charge in [0.2, 0.25) is 0 Å². The molecule has 0 bridgehead atoms. The van der Waals surface area contributed by atoms with Gasteiger partial charge in [0.25, 0.3) is 15.6 Å². The number of nitrogens with one attached hydrogen (secondary N) is 1. The average Bonchev–Trinajstić information content (AvgIpc) is 3.37. The van der Waals surface area contributed by atoms with Crippen molar-refractivity contribution in [3.05, 3.63) is 94.1 Å². The van der Waals surface area contributed by atoms with E-state index >= 15 is 4.39 Å². The molecule has 0 fully saturated rings. The lowest BCUT2D eigenvalue weighted by Gasteiger charge is -2.16. The Labute approximate surface area is 220 Å². The number of sulfonamides is 1. The number of hydrogen-bond donors (Lipinski definition) is 1. The highest BCUT2D eigenvalue weighted by molar-refractivity contribution is 7.92. The topological polar surface area (TPSA) is 103 Å². The lowest BCUT2D eigenvalue weighted by atomic mass is 9.96. The summed E-state index contributed by atoms with van der Waals surface area (Å²) in [6, 6.07) is 11.7. The van der Waals surface area contributed by atoms with Crippen LogP contribution in [0, 0.1) is 11.6 Å². The summed E-state index contributed by atoms with van der Waals surface area (Å²) in [7, 11) is -1.21. The van der Waals surface area contributed by atoms with E-state index < -0.39 is 27.2 Å². The maximum atomic E-state index is 15.4. The summed E-state index contributed by atoms with van der Waals surface area (Å²) in [5.41, 5.74) is 0.529. The molecule has 2 heterocycles. The Morgan fingerprint density at radius 2 is 1.79 bits per heavy atom. The molecule has 8 nitrogen and oxygen atoms in total. The van der Waals surface area contributed by atoms with Gasteiger partial charge >= 0.3 is 0 Å². The van der Waals surface area contributed by atoms with Gasteiger partial charge in [-0.25, -0.2) is 17.2 Å². The van der Waals surface area contributed by atoms with Gasteiger partial charge in [0.15, 0.2) is 5.82 Å². The number of hydrogen-bond acceptors (Lipinski definition) is 6. The first-order chi connectivity index (χ1) is 18.1. The first-order valence-electron chi connectivity index (χ1n) is 11.0. The highest BCUT2D eigenvalue weighted by Crippen LogP contribution is 2.39. The molecule has 5 aromatic rings. The molecular formula is C26H18ClF2N3O5S. The predicted molar refractivity (Wildman–Crippen MR) is 139 cm³/mol. The Kier molecular flexibility index (Phi) is 6.41. The summed E-state index contributed by atoms with van der Waals surface area (Å²) in [5, 5.41) is 4.09. The van der Waals surface area contributed by atoms with Crippen molar-refractivity contribution in [1.82, 2.24) is 9.72 Å². The summed E-state index contributed by atoms with van der Waals surface area (Å²) in [6.45, 7) is 0. The summed E-state index contributed by atoms with van der Waals surface area (Å²) >= 11 is 5.95. The zero-order valence-electron chi connectivity index (χ0n) is 19.8. The standard InChI is InChI=1S/C26H18ClF2N3O5S/c1-32-13-22(20-11-23(29)19(12-24(20)36-2)14-7-15(27)9-16(28)8-14)18-4-3-17(10-21(18)26(32)33)38(34,35)31-25-5-6-37-30-25/h3-13H,1-2H3,(H,30,31). The molecule has 1 N–H and O–H groups in total. The summed E-state index contributed by atoms with van der Waals surface area (Å²) in [4.78, 5) is 12.8. The molecule has 0 aliphatic rings. The summed E-state index contributed by atoms with van der Waals surface area (Å²) in [5.74, 6) is -1.08. The van der Waals surface area contributed by atoms with E-state index in [1.807, 2.05) is 0 Å². The fourth-order valence-electron chi connectivity index (χ4n) is 4.15. The van der Waals surface area contributed by atoms with E-state index in [1.54, 1.807) is 0 Å². The Morgan fingerprint density at radius 1 is 1.00 bits per heavy atom. The summed E-state index contributed by atoms with van der Waals surface area (Å²) < 4.78 is 68.7. The van der Waals surface area contributed by atoms with Gasteiger partial charge in [-0.05, 0) is 53.4 Å². The van der Waals surface area contributed by atoms with Crippen LogP contribution in [0.5, 0.6) is 5.75 Å². The molecule has 0 unspecified atom stereocenters. The van der Waals surface area contributed by atoms with Crippen LogP contribution < -0.4 is 15.0 Å². The molecule has 0 saturated carbocycles.